The molecule has 0 spiro atoms. The third-order valence-electron chi connectivity index (χ3n) is 1.31. The summed E-state index contributed by atoms with van der Waals surface area (Å²) in [5.74, 6) is 0. The molecule has 0 N–H and O–H groups in total. The fourth-order valence-electron chi connectivity index (χ4n) is 0.772. The van der Waals surface area contributed by atoms with Gasteiger partial charge >= 0.3 is 96.2 Å². The van der Waals surface area contributed by atoms with Crippen molar-refractivity contribution in [2.24, 2.45) is 0 Å². The van der Waals surface area contributed by atoms with Gasteiger partial charge in [-0.2, -0.15) is 0 Å². The molecule has 1 aromatic carbocycles. The van der Waals surface area contributed by atoms with Crippen LogP contribution in [0.15, 0.2) is 30.3 Å². The second-order valence-electron chi connectivity index (χ2n) is 2.01. The van der Waals surface area contributed by atoms with Crippen LogP contribution in [0.2, 0.25) is 0 Å². The summed E-state index contributed by atoms with van der Waals surface area (Å²) in [4.78, 5) is 0. The Morgan fingerprint density at radius 3 is 2.40 bits per heavy atom. The van der Waals surface area contributed by atoms with Crippen LogP contribution in [0.25, 0.3) is 0 Å². The van der Waals surface area contributed by atoms with Crippen molar-refractivity contribution < 1.29 is 46.1 Å². The Bertz CT molecular complexity index is 186. The van der Waals surface area contributed by atoms with Crippen LogP contribution in [-0.2, 0) is 0 Å². The Balaban J connectivity index is 2.75. The molecular weight excluding hydrogens is 279 g/mol. The SMILES string of the molecule is CC[P]([Eu])c1ccccc1. The number of rotatable bonds is 2. The first-order valence-corrected chi connectivity index (χ1v) is 8.00. The molecule has 0 aliphatic rings. The van der Waals surface area contributed by atoms with E-state index in [4.69, 9.17) is 0 Å². The maximum atomic E-state index is 2.26. The Labute approximate surface area is 94.7 Å². The standard InChI is InChI=1S/C8H10P.Eu/c1-2-9-8-6-4-3-5-7-8;/h3-7H,2H2,1H3;/q-1;+1. The molecular formula is C8H10EuP. The number of hydrogen-bond acceptors (Lipinski definition) is 0. The summed E-state index contributed by atoms with van der Waals surface area (Å²) in [5.41, 5.74) is 0. The van der Waals surface area contributed by atoms with Crippen molar-refractivity contribution in [1.29, 1.82) is 0 Å². The van der Waals surface area contributed by atoms with Gasteiger partial charge in [0.05, 0.1) is 0 Å². The van der Waals surface area contributed by atoms with Gasteiger partial charge in [-0.15, -0.1) is 0 Å². The zero-order valence-electron chi connectivity index (χ0n) is 5.92. The van der Waals surface area contributed by atoms with E-state index in [9.17, 15) is 0 Å². The van der Waals surface area contributed by atoms with Gasteiger partial charge in [-0.05, 0) is 0 Å². The van der Waals surface area contributed by atoms with Crippen LogP contribution in [0.5, 0.6) is 0 Å². The molecule has 0 fully saturated rings. The van der Waals surface area contributed by atoms with Crippen molar-refractivity contribution in [2.75, 3.05) is 6.16 Å². The summed E-state index contributed by atoms with van der Waals surface area (Å²) >= 11 is 1.93. The van der Waals surface area contributed by atoms with E-state index in [1.165, 1.54) is 11.5 Å². The van der Waals surface area contributed by atoms with Gasteiger partial charge in [0.15, 0.2) is 0 Å². The van der Waals surface area contributed by atoms with Gasteiger partial charge in [-0.3, -0.25) is 0 Å². The maximum absolute atomic E-state index is 2.26. The summed E-state index contributed by atoms with van der Waals surface area (Å²) in [7, 11) is 0. The second kappa shape index (κ2) is 4.98. The molecule has 10 heavy (non-hydrogen) atoms. The van der Waals surface area contributed by atoms with Gasteiger partial charge < -0.3 is 0 Å². The monoisotopic (exact) mass is 290 g/mol. The van der Waals surface area contributed by atoms with Crippen molar-refractivity contribution in [1.82, 2.24) is 0 Å². The molecule has 0 amide bonds. The number of hydrogen-bond donors (Lipinski definition) is 0. The summed E-state index contributed by atoms with van der Waals surface area (Å²) in [6.07, 6.45) is 1.32. The molecule has 2 heteroatoms. The Kier molecular flexibility index (Phi) is 4.65. The van der Waals surface area contributed by atoms with E-state index in [1.54, 1.807) is 0 Å². The molecule has 0 radical (unpaired) electrons. The molecule has 0 nitrogen and oxygen atoms in total. The minimum atomic E-state index is 0.182. The normalized spacial score (nSPS) is 13.0. The molecule has 0 bridgehead atoms. The topological polar surface area (TPSA) is 0 Å². The first-order chi connectivity index (χ1) is 4.84. The third-order valence-corrected chi connectivity index (χ3v) is 6.91. The summed E-state index contributed by atoms with van der Waals surface area (Å²) < 4.78 is 0.182. The Morgan fingerprint density at radius 2 is 1.90 bits per heavy atom. The quantitative estimate of drug-likeness (QED) is 0.733. The van der Waals surface area contributed by atoms with Crippen molar-refractivity contribution in [3.05, 3.63) is 30.3 Å². The van der Waals surface area contributed by atoms with Gasteiger partial charge in [0.1, 0.15) is 0 Å². The van der Waals surface area contributed by atoms with E-state index in [0.29, 0.717) is 0 Å². The molecule has 0 heterocycles. The van der Waals surface area contributed by atoms with Crippen LogP contribution in [0.1, 0.15) is 6.92 Å². The predicted molar refractivity (Wildman–Crippen MR) is 43.5 cm³/mol. The second-order valence-corrected chi connectivity index (χ2v) is 7.81. The molecule has 1 atom stereocenters. The average molecular weight is 289 g/mol. The van der Waals surface area contributed by atoms with Crippen LogP contribution in [0.4, 0.5) is 0 Å². The third kappa shape index (κ3) is 2.70. The van der Waals surface area contributed by atoms with E-state index in [0.717, 1.165) is 0 Å². The minimum absolute atomic E-state index is 0.182. The van der Waals surface area contributed by atoms with E-state index >= 15 is 0 Å². The number of benzene rings is 1. The molecule has 1 unspecified atom stereocenters. The first-order valence-electron chi connectivity index (χ1n) is 3.33. The Morgan fingerprint density at radius 1 is 1.30 bits per heavy atom. The Hall–Kier alpha value is 1.23. The zero-order chi connectivity index (χ0) is 7.40. The molecule has 54 valence electrons. The van der Waals surface area contributed by atoms with Crippen molar-refractivity contribution in [3.63, 3.8) is 0 Å². The van der Waals surface area contributed by atoms with Crippen LogP contribution in [0.3, 0.4) is 0 Å². The van der Waals surface area contributed by atoms with Crippen LogP contribution < -0.4 is 5.30 Å². The molecule has 1 rings (SSSR count). The van der Waals surface area contributed by atoms with Gasteiger partial charge in [0, 0.05) is 0 Å². The molecule has 0 aromatic heterocycles. The van der Waals surface area contributed by atoms with Gasteiger partial charge in [-0.25, -0.2) is 0 Å². The van der Waals surface area contributed by atoms with E-state index in [1.807, 2.05) is 46.1 Å². The first kappa shape index (κ1) is 9.32. The van der Waals surface area contributed by atoms with Gasteiger partial charge in [-0.1, -0.05) is 0 Å². The fraction of sp³-hybridized carbons (Fsp3) is 0.250. The van der Waals surface area contributed by atoms with Crippen molar-refractivity contribution in [3.8, 4) is 0 Å². The molecule has 0 aliphatic carbocycles. The van der Waals surface area contributed by atoms with Crippen LogP contribution >= 0.6 is 1.35 Å². The average Bonchev–Trinajstić information content (AvgIpc) is 2.05. The van der Waals surface area contributed by atoms with E-state index in [2.05, 4.69) is 37.3 Å². The van der Waals surface area contributed by atoms with Crippen LogP contribution in [0, 0.1) is 46.1 Å². The molecule has 0 aliphatic heterocycles. The van der Waals surface area contributed by atoms with Crippen molar-refractivity contribution in [2.45, 2.75) is 6.92 Å². The van der Waals surface area contributed by atoms with Crippen LogP contribution in [-0.4, -0.2) is 6.16 Å². The predicted octanol–water partition coefficient (Wildman–Crippen LogP) is 2.28. The van der Waals surface area contributed by atoms with E-state index in [-0.39, 0.29) is 1.35 Å². The fourth-order valence-corrected chi connectivity index (χ4v) is 2.72. The molecule has 0 saturated heterocycles. The summed E-state index contributed by atoms with van der Waals surface area (Å²) in [5, 5.41) is 1.54. The van der Waals surface area contributed by atoms with E-state index < -0.39 is 0 Å². The summed E-state index contributed by atoms with van der Waals surface area (Å²) in [6, 6.07) is 10.8. The van der Waals surface area contributed by atoms with Gasteiger partial charge in [0.25, 0.3) is 0 Å². The van der Waals surface area contributed by atoms with Gasteiger partial charge in [0.2, 0.25) is 0 Å². The zero-order valence-corrected chi connectivity index (χ0v) is 9.24. The van der Waals surface area contributed by atoms with Crippen molar-refractivity contribution >= 4 is 6.66 Å². The molecule has 0 saturated carbocycles. The summed E-state index contributed by atoms with van der Waals surface area (Å²) in [6.45, 7) is 2.26. The molecule has 1 aromatic rings.